The van der Waals surface area contributed by atoms with E-state index < -0.39 is 23.2 Å². The Morgan fingerprint density at radius 1 is 1.00 bits per heavy atom. The maximum absolute atomic E-state index is 13.1. The lowest BCUT2D eigenvalue weighted by molar-refractivity contribution is -0.137. The lowest BCUT2D eigenvalue weighted by Crippen LogP contribution is -2.33. The number of rotatable bonds is 5. The van der Waals surface area contributed by atoms with Gasteiger partial charge in [0.05, 0.1) is 5.56 Å². The average molecular weight is 469 g/mol. The number of thiophene rings is 1. The van der Waals surface area contributed by atoms with Gasteiger partial charge in [-0.05, 0) is 59.8 Å². The van der Waals surface area contributed by atoms with Crippen LogP contribution in [0.5, 0.6) is 0 Å². The molecule has 0 fully saturated rings. The number of carbonyl (C=O) groups is 1. The molecule has 0 radical (unpaired) electrons. The molecular formula is C25H19F3N2O2S. The maximum atomic E-state index is 13.1. The highest BCUT2D eigenvalue weighted by molar-refractivity contribution is 7.13. The fraction of sp³-hybridized carbons (Fsp3) is 0.120. The molecule has 1 N–H and O–H groups in total. The number of aryl methyl sites for hydroxylation is 1. The van der Waals surface area contributed by atoms with Crippen LogP contribution in [0.25, 0.3) is 16.1 Å². The Balaban J connectivity index is 1.55. The van der Waals surface area contributed by atoms with Gasteiger partial charge in [-0.15, -0.1) is 11.3 Å². The highest BCUT2D eigenvalue weighted by atomic mass is 32.1. The monoisotopic (exact) mass is 468 g/mol. The van der Waals surface area contributed by atoms with Gasteiger partial charge in [0.25, 0.3) is 11.5 Å². The summed E-state index contributed by atoms with van der Waals surface area (Å²) >= 11 is 1.63. The first-order chi connectivity index (χ1) is 15.7. The molecule has 1 amide bonds. The van der Waals surface area contributed by atoms with Gasteiger partial charge in [0.2, 0.25) is 0 Å². The number of nitrogens with one attached hydrogen (secondary N) is 1. The lowest BCUT2D eigenvalue weighted by atomic mass is 10.1. The van der Waals surface area contributed by atoms with Gasteiger partial charge in [0.15, 0.2) is 0 Å². The predicted molar refractivity (Wildman–Crippen MR) is 123 cm³/mol. The Morgan fingerprint density at radius 3 is 2.42 bits per heavy atom. The Kier molecular flexibility index (Phi) is 6.20. The van der Waals surface area contributed by atoms with Crippen molar-refractivity contribution in [1.29, 1.82) is 0 Å². The Labute approximate surface area is 192 Å². The van der Waals surface area contributed by atoms with E-state index in [0.717, 1.165) is 32.7 Å². The van der Waals surface area contributed by atoms with Crippen molar-refractivity contribution in [2.45, 2.75) is 19.6 Å². The van der Waals surface area contributed by atoms with Crippen LogP contribution in [0.15, 0.2) is 83.0 Å². The minimum Gasteiger partial charge on any atom is -0.348 e. The Hall–Kier alpha value is -3.65. The lowest BCUT2D eigenvalue weighted by Gasteiger charge is -2.14. The van der Waals surface area contributed by atoms with Gasteiger partial charge in [-0.2, -0.15) is 13.2 Å². The molecule has 0 aliphatic rings. The van der Waals surface area contributed by atoms with Crippen LogP contribution < -0.4 is 10.9 Å². The van der Waals surface area contributed by atoms with E-state index in [2.05, 4.69) is 5.32 Å². The quantitative estimate of drug-likeness (QED) is 0.401. The molecule has 8 heteroatoms. The van der Waals surface area contributed by atoms with Crippen molar-refractivity contribution in [3.8, 4) is 16.1 Å². The van der Waals surface area contributed by atoms with Gasteiger partial charge in [0.1, 0.15) is 5.56 Å². The van der Waals surface area contributed by atoms with Crippen molar-refractivity contribution in [1.82, 2.24) is 9.88 Å². The zero-order valence-electron chi connectivity index (χ0n) is 17.5. The second-order valence-corrected chi connectivity index (χ2v) is 8.38. The van der Waals surface area contributed by atoms with E-state index in [1.807, 2.05) is 41.8 Å². The fourth-order valence-electron chi connectivity index (χ4n) is 3.45. The third kappa shape index (κ3) is 4.90. The molecule has 168 valence electrons. The molecule has 33 heavy (non-hydrogen) atoms. The molecule has 0 unspecified atom stereocenters. The SMILES string of the molecule is Cc1ccc(C(=O)NCc2ccc(-c3cccs3)cc2)c(=O)n1-c1cccc(C(F)(F)F)c1. The summed E-state index contributed by atoms with van der Waals surface area (Å²) in [4.78, 5) is 26.9. The van der Waals surface area contributed by atoms with Crippen LogP contribution in [0.4, 0.5) is 13.2 Å². The number of hydrogen-bond donors (Lipinski definition) is 1. The van der Waals surface area contributed by atoms with Crippen LogP contribution in [0.1, 0.15) is 27.2 Å². The summed E-state index contributed by atoms with van der Waals surface area (Å²) in [5.74, 6) is -0.594. The summed E-state index contributed by atoms with van der Waals surface area (Å²) in [6.45, 7) is 1.80. The van der Waals surface area contributed by atoms with E-state index >= 15 is 0 Å². The largest absolute Gasteiger partial charge is 0.416 e. The molecule has 4 nitrogen and oxygen atoms in total. The Bertz CT molecular complexity index is 1340. The van der Waals surface area contributed by atoms with Crippen LogP contribution in [0, 0.1) is 6.92 Å². The molecule has 0 aliphatic carbocycles. The first-order valence-electron chi connectivity index (χ1n) is 10.1. The molecule has 2 aromatic heterocycles. The molecule has 0 saturated heterocycles. The number of carbonyl (C=O) groups excluding carboxylic acids is 1. The number of halogens is 3. The van der Waals surface area contributed by atoms with Crippen LogP contribution >= 0.6 is 11.3 Å². The predicted octanol–water partition coefficient (Wildman–Crippen LogP) is 5.82. The smallest absolute Gasteiger partial charge is 0.348 e. The molecule has 0 spiro atoms. The summed E-state index contributed by atoms with van der Waals surface area (Å²) in [6, 6.07) is 19.1. The van der Waals surface area contributed by atoms with Crippen molar-refractivity contribution in [2.75, 3.05) is 0 Å². The molecule has 4 aromatic rings. The average Bonchev–Trinajstić information content (AvgIpc) is 3.33. The number of nitrogens with zero attached hydrogens (tertiary/aromatic N) is 1. The van der Waals surface area contributed by atoms with E-state index in [9.17, 15) is 22.8 Å². The number of benzene rings is 2. The van der Waals surface area contributed by atoms with Gasteiger partial charge in [0, 0.05) is 22.8 Å². The molecular weight excluding hydrogens is 449 g/mol. The molecule has 0 aliphatic heterocycles. The number of alkyl halides is 3. The molecule has 0 saturated carbocycles. The normalized spacial score (nSPS) is 11.4. The molecule has 0 bridgehead atoms. The minimum atomic E-state index is -4.54. The first-order valence-corrected chi connectivity index (χ1v) is 10.9. The van der Waals surface area contributed by atoms with Crippen molar-refractivity contribution < 1.29 is 18.0 Å². The second kappa shape index (κ2) is 9.07. The van der Waals surface area contributed by atoms with Crippen LogP contribution in [-0.2, 0) is 12.7 Å². The van der Waals surface area contributed by atoms with Crippen molar-refractivity contribution in [3.63, 3.8) is 0 Å². The summed E-state index contributed by atoms with van der Waals surface area (Å²) in [6.07, 6.45) is -4.54. The van der Waals surface area contributed by atoms with Gasteiger partial charge in [-0.1, -0.05) is 36.4 Å². The van der Waals surface area contributed by atoms with Crippen LogP contribution in [-0.4, -0.2) is 10.5 Å². The third-order valence-electron chi connectivity index (χ3n) is 5.17. The topological polar surface area (TPSA) is 51.1 Å². The third-order valence-corrected chi connectivity index (χ3v) is 6.09. The van der Waals surface area contributed by atoms with Gasteiger partial charge < -0.3 is 5.32 Å². The molecule has 2 heterocycles. The van der Waals surface area contributed by atoms with Gasteiger partial charge in [-0.3, -0.25) is 14.2 Å². The number of amides is 1. The van der Waals surface area contributed by atoms with E-state index in [-0.39, 0.29) is 17.8 Å². The Morgan fingerprint density at radius 2 is 1.76 bits per heavy atom. The number of hydrogen-bond acceptors (Lipinski definition) is 3. The minimum absolute atomic E-state index is 0.0474. The zero-order valence-corrected chi connectivity index (χ0v) is 18.3. The maximum Gasteiger partial charge on any atom is 0.416 e. The highest BCUT2D eigenvalue weighted by Gasteiger charge is 2.30. The highest BCUT2D eigenvalue weighted by Crippen LogP contribution is 2.30. The van der Waals surface area contributed by atoms with Crippen LogP contribution in [0.2, 0.25) is 0 Å². The summed E-state index contributed by atoms with van der Waals surface area (Å²) < 4.78 is 40.4. The van der Waals surface area contributed by atoms with E-state index in [0.29, 0.717) is 5.69 Å². The summed E-state index contributed by atoms with van der Waals surface area (Å²) in [7, 11) is 0. The van der Waals surface area contributed by atoms with Crippen molar-refractivity contribution in [3.05, 3.63) is 111 Å². The zero-order chi connectivity index (χ0) is 23.6. The molecule has 4 rings (SSSR count). The van der Waals surface area contributed by atoms with Crippen LogP contribution in [0.3, 0.4) is 0 Å². The fourth-order valence-corrected chi connectivity index (χ4v) is 4.19. The molecule has 0 atom stereocenters. The van der Waals surface area contributed by atoms with E-state index in [4.69, 9.17) is 0 Å². The van der Waals surface area contributed by atoms with Crippen molar-refractivity contribution >= 4 is 17.2 Å². The van der Waals surface area contributed by atoms with Crippen molar-refractivity contribution in [2.24, 2.45) is 0 Å². The number of pyridine rings is 1. The molecule has 2 aromatic carbocycles. The second-order valence-electron chi connectivity index (χ2n) is 7.43. The van der Waals surface area contributed by atoms with Gasteiger partial charge in [-0.25, -0.2) is 0 Å². The van der Waals surface area contributed by atoms with E-state index in [1.165, 1.54) is 24.3 Å². The van der Waals surface area contributed by atoms with Gasteiger partial charge >= 0.3 is 6.18 Å². The summed E-state index contributed by atoms with van der Waals surface area (Å²) in [5, 5.41) is 4.71. The first kappa shape index (κ1) is 22.5. The van der Waals surface area contributed by atoms with E-state index in [1.54, 1.807) is 18.3 Å². The number of aromatic nitrogens is 1. The summed E-state index contributed by atoms with van der Waals surface area (Å²) in [5.41, 5.74) is 0.697. The standard InChI is InChI=1S/C25H19F3N2O2S/c1-16-7-12-21(24(32)30(16)20-5-2-4-19(14-20)25(26,27)28)23(31)29-15-17-8-10-18(11-9-17)22-6-3-13-33-22/h2-14H,15H2,1H3,(H,29,31).